The van der Waals surface area contributed by atoms with Gasteiger partial charge in [-0.05, 0) is 0 Å². The Bertz CT molecular complexity index is 482. The van der Waals surface area contributed by atoms with Gasteiger partial charge >= 0.3 is 12.5 Å². The van der Waals surface area contributed by atoms with E-state index in [9.17, 15) is 35.1 Å². The number of nitrogens with two attached hydrogens (primary N) is 1. The molecule has 0 aliphatic rings. The summed E-state index contributed by atoms with van der Waals surface area (Å²) in [6.07, 6.45) is -14.3. The largest absolute Gasteiger partial charge is 0.574 e. The second-order valence-corrected chi connectivity index (χ2v) is 3.42. The first-order valence-electron chi connectivity index (χ1n) is 4.80. The van der Waals surface area contributed by atoms with Crippen LogP contribution >= 0.6 is 0 Å². The summed E-state index contributed by atoms with van der Waals surface area (Å²) in [5, 5.41) is 0. The van der Waals surface area contributed by atoms with Gasteiger partial charge in [0, 0.05) is 23.9 Å². The molecule has 114 valence electrons. The quantitative estimate of drug-likeness (QED) is 0.871. The summed E-state index contributed by atoms with van der Waals surface area (Å²) >= 11 is 0. The summed E-state index contributed by atoms with van der Waals surface area (Å²) in [7, 11) is 0. The first kappa shape index (κ1) is 16.4. The fraction of sp³-hybridized carbons (Fsp3) is 0.444. The van der Waals surface area contributed by atoms with Gasteiger partial charge in [0.25, 0.3) is 6.43 Å². The van der Waals surface area contributed by atoms with Crippen LogP contribution in [0.2, 0.25) is 0 Å². The highest BCUT2D eigenvalue weighted by Gasteiger charge is 2.40. The van der Waals surface area contributed by atoms with Crippen molar-refractivity contribution in [2.24, 2.45) is 5.73 Å². The number of hydrogen-bond acceptors (Lipinski definition) is 3. The van der Waals surface area contributed by atoms with Gasteiger partial charge in [0.05, 0.1) is 5.56 Å². The number of pyridine rings is 1. The van der Waals surface area contributed by atoms with Gasteiger partial charge in [-0.1, -0.05) is 0 Å². The van der Waals surface area contributed by atoms with Crippen LogP contribution in [0.25, 0.3) is 0 Å². The fourth-order valence-electron chi connectivity index (χ4n) is 1.42. The van der Waals surface area contributed by atoms with E-state index >= 15 is 0 Å². The predicted molar refractivity (Wildman–Crippen MR) is 48.8 cm³/mol. The van der Waals surface area contributed by atoms with Crippen molar-refractivity contribution in [1.29, 1.82) is 0 Å². The Kier molecular flexibility index (Phi) is 4.42. The minimum Gasteiger partial charge on any atom is -0.388 e. The van der Waals surface area contributed by atoms with E-state index in [1.807, 2.05) is 0 Å². The minimum atomic E-state index is -5.30. The Hall–Kier alpha value is -1.65. The van der Waals surface area contributed by atoms with Gasteiger partial charge in [0.2, 0.25) is 5.88 Å². The van der Waals surface area contributed by atoms with Crippen LogP contribution in [0.5, 0.6) is 5.88 Å². The van der Waals surface area contributed by atoms with Crippen LogP contribution in [0, 0.1) is 0 Å². The summed E-state index contributed by atoms with van der Waals surface area (Å²) in [5.41, 5.74) is 0.255. The Morgan fingerprint density at radius 3 is 2.05 bits per heavy atom. The molecule has 0 amide bonds. The third-order valence-electron chi connectivity index (χ3n) is 2.12. The Balaban J connectivity index is 3.50. The molecule has 0 bridgehead atoms. The standard InChI is InChI=1S/C9H6F8N2O/c10-6(11)5-3(1-18)7(20-9(15,16)17)19-2-4(5)8(12,13)14/h2,6H,1,18H2. The van der Waals surface area contributed by atoms with E-state index in [1.165, 1.54) is 0 Å². The molecule has 0 aromatic carbocycles. The van der Waals surface area contributed by atoms with E-state index in [0.717, 1.165) is 0 Å². The lowest BCUT2D eigenvalue weighted by Crippen LogP contribution is -2.22. The minimum absolute atomic E-state index is 0.151. The van der Waals surface area contributed by atoms with Crippen LogP contribution in [0.3, 0.4) is 0 Å². The molecule has 1 heterocycles. The van der Waals surface area contributed by atoms with Gasteiger partial charge in [-0.3, -0.25) is 0 Å². The molecule has 1 aromatic rings. The molecule has 0 radical (unpaired) electrons. The number of rotatable bonds is 3. The van der Waals surface area contributed by atoms with E-state index in [2.05, 4.69) is 9.72 Å². The fourth-order valence-corrected chi connectivity index (χ4v) is 1.42. The lowest BCUT2D eigenvalue weighted by molar-refractivity contribution is -0.276. The average Bonchev–Trinajstić information content (AvgIpc) is 2.24. The molecule has 3 nitrogen and oxygen atoms in total. The smallest absolute Gasteiger partial charge is 0.388 e. The molecule has 1 rings (SSSR count). The highest BCUT2D eigenvalue weighted by atomic mass is 19.4. The highest BCUT2D eigenvalue weighted by molar-refractivity contribution is 5.42. The maximum absolute atomic E-state index is 12.7. The first-order valence-corrected chi connectivity index (χ1v) is 4.80. The molecule has 11 heteroatoms. The van der Waals surface area contributed by atoms with Crippen LogP contribution in [0.4, 0.5) is 35.1 Å². The number of ether oxygens (including phenoxy) is 1. The van der Waals surface area contributed by atoms with Crippen molar-refractivity contribution in [3.05, 3.63) is 22.9 Å². The monoisotopic (exact) mass is 310 g/mol. The molecule has 1 aromatic heterocycles. The lowest BCUT2D eigenvalue weighted by atomic mass is 10.0. The number of hydrogen-bond donors (Lipinski definition) is 1. The van der Waals surface area contributed by atoms with Crippen LogP contribution in [0.15, 0.2) is 6.20 Å². The molecule has 0 saturated heterocycles. The van der Waals surface area contributed by atoms with Gasteiger partial charge < -0.3 is 10.5 Å². The van der Waals surface area contributed by atoms with Crippen molar-refractivity contribution in [1.82, 2.24) is 4.98 Å². The van der Waals surface area contributed by atoms with Crippen molar-refractivity contribution in [3.63, 3.8) is 0 Å². The van der Waals surface area contributed by atoms with Crippen molar-refractivity contribution >= 4 is 0 Å². The first-order chi connectivity index (χ1) is 8.97. The molecule has 2 N–H and O–H groups in total. The third kappa shape index (κ3) is 3.68. The zero-order valence-electron chi connectivity index (χ0n) is 9.32. The average molecular weight is 310 g/mol. The van der Waals surface area contributed by atoms with E-state index in [-0.39, 0.29) is 6.20 Å². The summed E-state index contributed by atoms with van der Waals surface area (Å²) in [6, 6.07) is 0. The molecule has 0 saturated carbocycles. The molecule has 0 unspecified atom stereocenters. The lowest BCUT2D eigenvalue weighted by Gasteiger charge is -2.18. The second-order valence-electron chi connectivity index (χ2n) is 3.42. The van der Waals surface area contributed by atoms with E-state index in [0.29, 0.717) is 0 Å². The van der Waals surface area contributed by atoms with Crippen molar-refractivity contribution < 1.29 is 39.9 Å². The normalized spacial score (nSPS) is 12.9. The van der Waals surface area contributed by atoms with E-state index in [4.69, 9.17) is 5.73 Å². The maximum atomic E-state index is 12.7. The van der Waals surface area contributed by atoms with Crippen molar-refractivity contribution in [3.8, 4) is 5.88 Å². The maximum Gasteiger partial charge on any atom is 0.574 e. The molecule has 20 heavy (non-hydrogen) atoms. The van der Waals surface area contributed by atoms with Gasteiger partial charge in [-0.25, -0.2) is 13.8 Å². The Morgan fingerprint density at radius 2 is 1.70 bits per heavy atom. The number of alkyl halides is 8. The molecule has 0 atom stereocenters. The SMILES string of the molecule is NCc1c(OC(F)(F)F)ncc(C(F)(F)F)c1C(F)F. The number of aromatic nitrogens is 1. The second kappa shape index (κ2) is 5.38. The van der Waals surface area contributed by atoms with Crippen molar-refractivity contribution in [2.45, 2.75) is 25.5 Å². The van der Waals surface area contributed by atoms with Gasteiger partial charge in [-0.2, -0.15) is 13.2 Å². The zero-order chi connectivity index (χ0) is 15.7. The summed E-state index contributed by atoms with van der Waals surface area (Å²) in [5.74, 6) is -1.43. The zero-order valence-corrected chi connectivity index (χ0v) is 9.32. The van der Waals surface area contributed by atoms with E-state index in [1.54, 1.807) is 0 Å². The highest BCUT2D eigenvalue weighted by Crippen LogP contribution is 2.40. The van der Waals surface area contributed by atoms with E-state index < -0.39 is 48.1 Å². The topological polar surface area (TPSA) is 48.1 Å². The molecule has 0 aliphatic heterocycles. The van der Waals surface area contributed by atoms with Crippen molar-refractivity contribution in [2.75, 3.05) is 0 Å². The third-order valence-corrected chi connectivity index (χ3v) is 2.12. The van der Waals surface area contributed by atoms with Gasteiger partial charge in [-0.15, -0.1) is 13.2 Å². The summed E-state index contributed by atoms with van der Waals surface area (Å²) in [4.78, 5) is 2.77. The predicted octanol–water partition coefficient (Wildman–Crippen LogP) is 3.40. The van der Waals surface area contributed by atoms with Crippen LogP contribution < -0.4 is 10.5 Å². The molecular weight excluding hydrogens is 304 g/mol. The summed E-state index contributed by atoms with van der Waals surface area (Å²) < 4.78 is 102. The molecule has 0 spiro atoms. The van der Waals surface area contributed by atoms with Gasteiger partial charge in [0.15, 0.2) is 0 Å². The van der Waals surface area contributed by atoms with Crippen LogP contribution in [-0.4, -0.2) is 11.3 Å². The van der Waals surface area contributed by atoms with Gasteiger partial charge in [0.1, 0.15) is 0 Å². The van der Waals surface area contributed by atoms with Crippen LogP contribution in [0.1, 0.15) is 23.1 Å². The molecule has 0 aliphatic carbocycles. The van der Waals surface area contributed by atoms with Crippen LogP contribution in [-0.2, 0) is 12.7 Å². The number of halogens is 8. The summed E-state index contributed by atoms with van der Waals surface area (Å²) in [6.45, 7) is -1.03. The Labute approximate surface area is 106 Å². The number of nitrogens with zero attached hydrogens (tertiary/aromatic N) is 1. The molecule has 0 fully saturated rings. The molecular formula is C9H6F8N2O. The Morgan fingerprint density at radius 1 is 1.15 bits per heavy atom.